The predicted octanol–water partition coefficient (Wildman–Crippen LogP) is 1.76. The SMILES string of the molecule is COc1ccc2c(c1)CN(c1nccc(-c3nccc(=O)[nH]3)n1)C2. The van der Waals surface area contributed by atoms with Gasteiger partial charge in [-0.1, -0.05) is 6.07 Å². The van der Waals surface area contributed by atoms with Gasteiger partial charge in [0.1, 0.15) is 11.4 Å². The van der Waals surface area contributed by atoms with E-state index in [1.54, 1.807) is 19.4 Å². The second-order valence-electron chi connectivity index (χ2n) is 5.52. The topological polar surface area (TPSA) is 84.0 Å². The molecule has 2 aromatic heterocycles. The van der Waals surface area contributed by atoms with E-state index in [2.05, 4.69) is 30.9 Å². The van der Waals surface area contributed by atoms with Crippen LogP contribution in [0.1, 0.15) is 11.1 Å². The van der Waals surface area contributed by atoms with Crippen LogP contribution in [-0.2, 0) is 13.1 Å². The summed E-state index contributed by atoms with van der Waals surface area (Å²) in [4.78, 5) is 29.3. The molecule has 1 aromatic carbocycles. The minimum absolute atomic E-state index is 0.208. The van der Waals surface area contributed by atoms with Gasteiger partial charge in [-0.3, -0.25) is 4.79 Å². The Morgan fingerprint density at radius 2 is 1.92 bits per heavy atom. The van der Waals surface area contributed by atoms with Gasteiger partial charge < -0.3 is 14.6 Å². The maximum atomic E-state index is 11.5. The summed E-state index contributed by atoms with van der Waals surface area (Å²) in [5.74, 6) is 1.88. The number of nitrogens with zero attached hydrogens (tertiary/aromatic N) is 4. The van der Waals surface area contributed by atoms with Gasteiger partial charge in [0.25, 0.3) is 5.56 Å². The van der Waals surface area contributed by atoms with Crippen LogP contribution < -0.4 is 15.2 Å². The molecule has 0 atom stereocenters. The van der Waals surface area contributed by atoms with Crippen molar-refractivity contribution < 1.29 is 4.74 Å². The number of H-pyrrole nitrogens is 1. The monoisotopic (exact) mass is 321 g/mol. The van der Waals surface area contributed by atoms with Crippen molar-refractivity contribution >= 4 is 5.95 Å². The first-order chi connectivity index (χ1) is 11.7. The highest BCUT2D eigenvalue weighted by molar-refractivity contribution is 5.53. The van der Waals surface area contributed by atoms with Crippen molar-refractivity contribution in [2.75, 3.05) is 12.0 Å². The van der Waals surface area contributed by atoms with Gasteiger partial charge in [0.15, 0.2) is 5.82 Å². The summed E-state index contributed by atoms with van der Waals surface area (Å²) < 4.78 is 5.28. The average Bonchev–Trinajstić information content (AvgIpc) is 3.05. The summed E-state index contributed by atoms with van der Waals surface area (Å²) in [5, 5.41) is 0. The number of nitrogens with one attached hydrogen (secondary N) is 1. The van der Waals surface area contributed by atoms with Gasteiger partial charge in [-0.2, -0.15) is 0 Å². The molecule has 1 aliphatic heterocycles. The van der Waals surface area contributed by atoms with E-state index in [0.29, 0.717) is 24.0 Å². The number of hydrogen-bond donors (Lipinski definition) is 1. The van der Waals surface area contributed by atoms with Crippen LogP contribution in [0.15, 0.2) is 47.5 Å². The first-order valence-corrected chi connectivity index (χ1v) is 7.52. The van der Waals surface area contributed by atoms with Gasteiger partial charge >= 0.3 is 0 Å². The van der Waals surface area contributed by atoms with E-state index in [-0.39, 0.29) is 5.56 Å². The van der Waals surface area contributed by atoms with Crippen LogP contribution >= 0.6 is 0 Å². The van der Waals surface area contributed by atoms with Crippen molar-refractivity contribution in [1.82, 2.24) is 19.9 Å². The van der Waals surface area contributed by atoms with E-state index < -0.39 is 0 Å². The van der Waals surface area contributed by atoms with Crippen molar-refractivity contribution in [3.05, 3.63) is 64.2 Å². The summed E-state index contributed by atoms with van der Waals surface area (Å²) in [5.41, 5.74) is 2.82. The Hall–Kier alpha value is -3.22. The van der Waals surface area contributed by atoms with Gasteiger partial charge in [0, 0.05) is 31.5 Å². The predicted molar refractivity (Wildman–Crippen MR) is 88.8 cm³/mol. The molecule has 7 heteroatoms. The molecule has 0 amide bonds. The molecule has 24 heavy (non-hydrogen) atoms. The largest absolute Gasteiger partial charge is 0.497 e. The van der Waals surface area contributed by atoms with Crippen LogP contribution in [0.25, 0.3) is 11.5 Å². The van der Waals surface area contributed by atoms with Gasteiger partial charge in [0.05, 0.1) is 7.11 Å². The molecular weight excluding hydrogens is 306 g/mol. The van der Waals surface area contributed by atoms with Crippen molar-refractivity contribution in [1.29, 1.82) is 0 Å². The number of benzene rings is 1. The number of hydrogen-bond acceptors (Lipinski definition) is 6. The lowest BCUT2D eigenvalue weighted by molar-refractivity contribution is 0.414. The van der Waals surface area contributed by atoms with Crippen molar-refractivity contribution in [3.8, 4) is 17.3 Å². The molecule has 4 rings (SSSR count). The lowest BCUT2D eigenvalue weighted by atomic mass is 10.1. The molecule has 0 fully saturated rings. The lowest BCUT2D eigenvalue weighted by Crippen LogP contribution is -2.18. The highest BCUT2D eigenvalue weighted by Gasteiger charge is 2.22. The summed E-state index contributed by atoms with van der Waals surface area (Å²) >= 11 is 0. The highest BCUT2D eigenvalue weighted by Crippen LogP contribution is 2.29. The fourth-order valence-corrected chi connectivity index (χ4v) is 2.77. The van der Waals surface area contributed by atoms with E-state index in [4.69, 9.17) is 4.74 Å². The number of fused-ring (bicyclic) bond motifs is 1. The Labute approximate surface area is 138 Å². The second kappa shape index (κ2) is 5.77. The summed E-state index contributed by atoms with van der Waals surface area (Å²) in [7, 11) is 1.66. The standard InChI is InChI=1S/C17H15N5O2/c1-24-13-3-2-11-9-22(10-12(11)8-13)17-19-6-4-14(20-17)16-18-7-5-15(23)21-16/h2-8H,9-10H2,1H3,(H,18,21,23). The molecule has 0 saturated heterocycles. The van der Waals surface area contributed by atoms with Crippen LogP contribution in [0.2, 0.25) is 0 Å². The molecule has 3 heterocycles. The number of rotatable bonds is 3. The molecule has 0 aliphatic carbocycles. The normalized spacial score (nSPS) is 13.0. The maximum absolute atomic E-state index is 11.5. The summed E-state index contributed by atoms with van der Waals surface area (Å²) in [6.07, 6.45) is 3.14. The third kappa shape index (κ3) is 2.60. The Morgan fingerprint density at radius 3 is 2.75 bits per heavy atom. The van der Waals surface area contributed by atoms with Crippen molar-refractivity contribution in [2.24, 2.45) is 0 Å². The Balaban J connectivity index is 1.64. The minimum Gasteiger partial charge on any atom is -0.497 e. The van der Waals surface area contributed by atoms with Crippen molar-refractivity contribution in [2.45, 2.75) is 13.1 Å². The molecule has 1 N–H and O–H groups in total. The van der Waals surface area contributed by atoms with Crippen LogP contribution in [0.3, 0.4) is 0 Å². The maximum Gasteiger partial charge on any atom is 0.251 e. The third-order valence-corrected chi connectivity index (χ3v) is 3.98. The van der Waals surface area contributed by atoms with E-state index in [1.165, 1.54) is 23.4 Å². The minimum atomic E-state index is -0.208. The van der Waals surface area contributed by atoms with Gasteiger partial charge in [-0.15, -0.1) is 0 Å². The summed E-state index contributed by atoms with van der Waals surface area (Å²) in [6, 6.07) is 9.16. The molecular formula is C17H15N5O2. The molecule has 1 aliphatic rings. The zero-order chi connectivity index (χ0) is 16.5. The number of aromatic nitrogens is 4. The molecule has 0 saturated carbocycles. The number of anilines is 1. The van der Waals surface area contributed by atoms with Gasteiger partial charge in [0.2, 0.25) is 5.95 Å². The zero-order valence-corrected chi connectivity index (χ0v) is 13.1. The molecule has 7 nitrogen and oxygen atoms in total. The molecule has 0 radical (unpaired) electrons. The first kappa shape index (κ1) is 14.4. The fraction of sp³-hybridized carbons (Fsp3) is 0.176. The number of ether oxygens (including phenoxy) is 1. The molecule has 120 valence electrons. The fourth-order valence-electron chi connectivity index (χ4n) is 2.77. The van der Waals surface area contributed by atoms with Crippen LogP contribution in [0.5, 0.6) is 5.75 Å². The molecule has 0 unspecified atom stereocenters. The van der Waals surface area contributed by atoms with E-state index in [9.17, 15) is 4.79 Å². The second-order valence-corrected chi connectivity index (χ2v) is 5.52. The smallest absolute Gasteiger partial charge is 0.251 e. The quantitative estimate of drug-likeness (QED) is 0.791. The molecule has 0 spiro atoms. The van der Waals surface area contributed by atoms with Crippen LogP contribution in [-0.4, -0.2) is 27.0 Å². The average molecular weight is 321 g/mol. The van der Waals surface area contributed by atoms with Gasteiger partial charge in [-0.05, 0) is 29.3 Å². The highest BCUT2D eigenvalue weighted by atomic mass is 16.5. The number of aromatic amines is 1. The molecule has 0 bridgehead atoms. The van der Waals surface area contributed by atoms with Gasteiger partial charge in [-0.25, -0.2) is 15.0 Å². The molecule has 3 aromatic rings. The third-order valence-electron chi connectivity index (χ3n) is 3.98. The van der Waals surface area contributed by atoms with Crippen LogP contribution in [0, 0.1) is 0 Å². The van der Waals surface area contributed by atoms with Crippen LogP contribution in [0.4, 0.5) is 5.95 Å². The Bertz CT molecular complexity index is 953. The van der Waals surface area contributed by atoms with E-state index in [0.717, 1.165) is 12.3 Å². The number of methoxy groups -OCH3 is 1. The Kier molecular flexibility index (Phi) is 3.45. The zero-order valence-electron chi connectivity index (χ0n) is 13.1. The summed E-state index contributed by atoms with van der Waals surface area (Å²) in [6.45, 7) is 1.45. The van der Waals surface area contributed by atoms with Crippen molar-refractivity contribution in [3.63, 3.8) is 0 Å². The first-order valence-electron chi connectivity index (χ1n) is 7.52. The van der Waals surface area contributed by atoms with E-state index in [1.807, 2.05) is 12.1 Å². The lowest BCUT2D eigenvalue weighted by Gasteiger charge is -2.15. The Morgan fingerprint density at radius 1 is 1.08 bits per heavy atom. The van der Waals surface area contributed by atoms with E-state index >= 15 is 0 Å².